The third kappa shape index (κ3) is 2.61. The fourth-order valence-electron chi connectivity index (χ4n) is 3.04. The van der Waals surface area contributed by atoms with Crippen molar-refractivity contribution < 1.29 is 9.84 Å². The molecular weight excluding hydrogens is 292 g/mol. The van der Waals surface area contributed by atoms with Crippen LogP contribution in [0.15, 0.2) is 36.5 Å². The summed E-state index contributed by atoms with van der Waals surface area (Å²) in [5.74, 6) is 1.94. The molecule has 2 aromatic heterocycles. The van der Waals surface area contributed by atoms with E-state index in [1.807, 2.05) is 31.3 Å². The molecule has 0 radical (unpaired) electrons. The normalized spacial score (nSPS) is 18.5. The number of aromatic nitrogens is 3. The first-order chi connectivity index (χ1) is 11.2. The van der Waals surface area contributed by atoms with Crippen LogP contribution in [0.2, 0.25) is 0 Å². The summed E-state index contributed by atoms with van der Waals surface area (Å²) in [5.41, 5.74) is 1.83. The number of phenolic OH excluding ortho intramolecular Hbond substituents is 1. The lowest BCUT2D eigenvalue weighted by Gasteiger charge is -2.34. The van der Waals surface area contributed by atoms with Gasteiger partial charge in [0.25, 0.3) is 0 Å². The Morgan fingerprint density at radius 3 is 3.09 bits per heavy atom. The van der Waals surface area contributed by atoms with Crippen LogP contribution < -0.4 is 4.90 Å². The van der Waals surface area contributed by atoms with Gasteiger partial charge in [0.2, 0.25) is 0 Å². The number of nitrogens with zero attached hydrogens (tertiary/aromatic N) is 3. The van der Waals surface area contributed by atoms with Gasteiger partial charge in [-0.15, -0.1) is 0 Å². The quantitative estimate of drug-likeness (QED) is 0.761. The predicted octanol–water partition coefficient (Wildman–Crippen LogP) is 2.55. The summed E-state index contributed by atoms with van der Waals surface area (Å²) in [4.78, 5) is 14.4. The number of hydrogen-bond donors (Lipinski definition) is 2. The number of phenols is 1. The number of benzene rings is 1. The summed E-state index contributed by atoms with van der Waals surface area (Å²) in [6.07, 6.45) is 1.80. The molecule has 23 heavy (non-hydrogen) atoms. The van der Waals surface area contributed by atoms with E-state index in [0.717, 1.165) is 34.8 Å². The van der Waals surface area contributed by atoms with Crippen LogP contribution in [-0.2, 0) is 4.74 Å². The van der Waals surface area contributed by atoms with Crippen molar-refractivity contribution in [2.45, 2.75) is 13.0 Å². The maximum atomic E-state index is 9.68. The Hall–Kier alpha value is -2.60. The summed E-state index contributed by atoms with van der Waals surface area (Å²) >= 11 is 0. The molecule has 1 atom stereocenters. The van der Waals surface area contributed by atoms with Crippen molar-refractivity contribution in [2.24, 2.45) is 0 Å². The number of aryl methyl sites for hydroxylation is 1. The Bertz CT molecular complexity index is 845. The Kier molecular flexibility index (Phi) is 3.38. The number of anilines is 1. The first-order valence-electron chi connectivity index (χ1n) is 7.68. The van der Waals surface area contributed by atoms with Gasteiger partial charge in [0, 0.05) is 19.3 Å². The molecular formula is C17H18N4O2. The topological polar surface area (TPSA) is 74.3 Å². The second-order valence-electron chi connectivity index (χ2n) is 5.73. The van der Waals surface area contributed by atoms with Crippen LogP contribution in [0.5, 0.6) is 5.75 Å². The minimum absolute atomic E-state index is 0.0832. The zero-order valence-electron chi connectivity index (χ0n) is 12.9. The molecule has 6 heteroatoms. The van der Waals surface area contributed by atoms with Crippen LogP contribution in [0.4, 0.5) is 5.82 Å². The van der Waals surface area contributed by atoms with Gasteiger partial charge in [-0.3, -0.25) is 0 Å². The van der Waals surface area contributed by atoms with Crippen LogP contribution in [0.3, 0.4) is 0 Å². The summed E-state index contributed by atoms with van der Waals surface area (Å²) in [6, 6.07) is 9.24. The van der Waals surface area contributed by atoms with Gasteiger partial charge in [-0.25, -0.2) is 9.97 Å². The van der Waals surface area contributed by atoms with E-state index in [1.54, 1.807) is 12.1 Å². The molecule has 1 saturated heterocycles. The Balaban J connectivity index is 1.67. The third-order valence-electron chi connectivity index (χ3n) is 4.12. The van der Waals surface area contributed by atoms with Gasteiger partial charge in [-0.2, -0.15) is 0 Å². The van der Waals surface area contributed by atoms with E-state index < -0.39 is 0 Å². The van der Waals surface area contributed by atoms with Crippen molar-refractivity contribution in [3.8, 4) is 5.75 Å². The largest absolute Gasteiger partial charge is 0.508 e. The molecule has 0 saturated carbocycles. The summed E-state index contributed by atoms with van der Waals surface area (Å²) in [5, 5.41) is 10.7. The van der Waals surface area contributed by atoms with Crippen LogP contribution in [0, 0.1) is 6.92 Å². The van der Waals surface area contributed by atoms with Gasteiger partial charge < -0.3 is 19.7 Å². The fourth-order valence-corrected chi connectivity index (χ4v) is 3.04. The Labute approximate surface area is 133 Å². The van der Waals surface area contributed by atoms with Crippen molar-refractivity contribution in [3.63, 3.8) is 0 Å². The molecule has 1 unspecified atom stereocenters. The Morgan fingerprint density at radius 1 is 1.30 bits per heavy atom. The van der Waals surface area contributed by atoms with E-state index in [4.69, 9.17) is 4.74 Å². The Morgan fingerprint density at radius 2 is 2.22 bits per heavy atom. The van der Waals surface area contributed by atoms with Gasteiger partial charge in [0.1, 0.15) is 29.1 Å². The molecule has 1 fully saturated rings. The third-order valence-corrected chi connectivity index (χ3v) is 4.12. The van der Waals surface area contributed by atoms with Crippen LogP contribution in [0.25, 0.3) is 11.0 Å². The zero-order chi connectivity index (χ0) is 15.8. The van der Waals surface area contributed by atoms with Crippen molar-refractivity contribution in [1.29, 1.82) is 0 Å². The van der Waals surface area contributed by atoms with E-state index >= 15 is 0 Å². The molecule has 3 heterocycles. The van der Waals surface area contributed by atoms with Crippen molar-refractivity contribution in [3.05, 3.63) is 47.9 Å². The second kappa shape index (κ2) is 5.55. The summed E-state index contributed by atoms with van der Waals surface area (Å²) in [6.45, 7) is 4.00. The van der Waals surface area contributed by atoms with Gasteiger partial charge >= 0.3 is 0 Å². The van der Waals surface area contributed by atoms with Gasteiger partial charge in [-0.1, -0.05) is 12.1 Å². The van der Waals surface area contributed by atoms with E-state index in [1.165, 1.54) is 0 Å². The summed E-state index contributed by atoms with van der Waals surface area (Å²) < 4.78 is 5.89. The standard InChI is InChI=1S/C17H18N4O2/c1-11-19-16-14(5-6-18-16)17(20-11)21-7-8-23-15(10-21)12-3-2-4-13(22)9-12/h2-6,9,15,22H,7-8,10H2,1H3,(H,18,19,20). The molecule has 4 rings (SSSR count). The van der Waals surface area contributed by atoms with Crippen molar-refractivity contribution in [2.75, 3.05) is 24.6 Å². The molecule has 6 nitrogen and oxygen atoms in total. The molecule has 1 aromatic carbocycles. The number of H-pyrrole nitrogens is 1. The predicted molar refractivity (Wildman–Crippen MR) is 87.6 cm³/mol. The van der Waals surface area contributed by atoms with E-state index in [0.29, 0.717) is 13.2 Å². The van der Waals surface area contributed by atoms with Gasteiger partial charge in [-0.05, 0) is 30.7 Å². The van der Waals surface area contributed by atoms with E-state index in [9.17, 15) is 5.11 Å². The number of aromatic amines is 1. The minimum atomic E-state index is -0.0832. The second-order valence-corrected chi connectivity index (χ2v) is 5.73. The van der Waals surface area contributed by atoms with E-state index in [-0.39, 0.29) is 11.9 Å². The lowest BCUT2D eigenvalue weighted by atomic mass is 10.1. The fraction of sp³-hybridized carbons (Fsp3) is 0.294. The highest BCUT2D eigenvalue weighted by Gasteiger charge is 2.25. The molecule has 0 aliphatic carbocycles. The molecule has 2 N–H and O–H groups in total. The molecule has 3 aromatic rings. The monoisotopic (exact) mass is 310 g/mol. The number of nitrogens with one attached hydrogen (secondary N) is 1. The smallest absolute Gasteiger partial charge is 0.143 e. The van der Waals surface area contributed by atoms with Crippen LogP contribution in [0.1, 0.15) is 17.5 Å². The number of aromatic hydroxyl groups is 1. The number of fused-ring (bicyclic) bond motifs is 1. The first-order valence-corrected chi connectivity index (χ1v) is 7.68. The number of hydrogen-bond acceptors (Lipinski definition) is 5. The zero-order valence-corrected chi connectivity index (χ0v) is 12.9. The first kappa shape index (κ1) is 14.0. The average molecular weight is 310 g/mol. The van der Waals surface area contributed by atoms with Gasteiger partial charge in [0.05, 0.1) is 12.0 Å². The SMILES string of the molecule is Cc1nc(N2CCOC(c3cccc(O)c3)C2)c2cc[nH]c2n1. The summed E-state index contributed by atoms with van der Waals surface area (Å²) in [7, 11) is 0. The maximum absolute atomic E-state index is 9.68. The average Bonchev–Trinajstić information content (AvgIpc) is 3.02. The maximum Gasteiger partial charge on any atom is 0.143 e. The number of ether oxygens (including phenoxy) is 1. The molecule has 118 valence electrons. The highest BCUT2D eigenvalue weighted by molar-refractivity contribution is 5.87. The molecule has 0 bridgehead atoms. The number of rotatable bonds is 2. The van der Waals surface area contributed by atoms with Crippen LogP contribution in [-0.4, -0.2) is 39.8 Å². The lowest BCUT2D eigenvalue weighted by molar-refractivity contribution is 0.0395. The van der Waals surface area contributed by atoms with Crippen molar-refractivity contribution in [1.82, 2.24) is 15.0 Å². The highest BCUT2D eigenvalue weighted by Crippen LogP contribution is 2.30. The van der Waals surface area contributed by atoms with Gasteiger partial charge in [0.15, 0.2) is 0 Å². The lowest BCUT2D eigenvalue weighted by Crippen LogP contribution is -2.39. The van der Waals surface area contributed by atoms with E-state index in [2.05, 4.69) is 19.9 Å². The van der Waals surface area contributed by atoms with Crippen molar-refractivity contribution >= 4 is 16.9 Å². The molecule has 1 aliphatic rings. The number of morpholine rings is 1. The van der Waals surface area contributed by atoms with Crippen LogP contribution >= 0.6 is 0 Å². The molecule has 0 spiro atoms. The molecule has 0 amide bonds. The minimum Gasteiger partial charge on any atom is -0.508 e. The highest BCUT2D eigenvalue weighted by atomic mass is 16.5. The molecule has 1 aliphatic heterocycles.